The molecule has 0 aliphatic carbocycles. The minimum atomic E-state index is -0.0716. The molecule has 0 aromatic carbocycles. The second-order valence-corrected chi connectivity index (χ2v) is 5.66. The molecule has 1 aromatic rings. The SMILES string of the molecule is CN(C)CCCNC(=O)CCCNC(=O)c1ccsc1. The fourth-order valence-electron chi connectivity index (χ4n) is 1.66. The van der Waals surface area contributed by atoms with Crippen LogP contribution >= 0.6 is 11.3 Å². The van der Waals surface area contributed by atoms with Crippen LogP contribution in [0.5, 0.6) is 0 Å². The average molecular weight is 297 g/mol. The molecule has 0 saturated heterocycles. The lowest BCUT2D eigenvalue weighted by atomic mass is 10.2. The van der Waals surface area contributed by atoms with Gasteiger partial charge in [0.25, 0.3) is 5.91 Å². The molecule has 0 aliphatic heterocycles. The van der Waals surface area contributed by atoms with Crippen molar-refractivity contribution in [2.75, 3.05) is 33.7 Å². The summed E-state index contributed by atoms with van der Waals surface area (Å²) < 4.78 is 0. The average Bonchev–Trinajstić information content (AvgIpc) is 2.93. The zero-order valence-electron chi connectivity index (χ0n) is 12.1. The molecule has 6 heteroatoms. The molecular weight excluding hydrogens is 274 g/mol. The summed E-state index contributed by atoms with van der Waals surface area (Å²) in [5, 5.41) is 9.36. The van der Waals surface area contributed by atoms with E-state index in [4.69, 9.17) is 0 Å². The predicted octanol–water partition coefficient (Wildman–Crippen LogP) is 1.33. The first-order chi connectivity index (χ1) is 9.59. The molecule has 112 valence electrons. The number of hydrogen-bond acceptors (Lipinski definition) is 4. The van der Waals surface area contributed by atoms with Gasteiger partial charge in [-0.2, -0.15) is 11.3 Å². The van der Waals surface area contributed by atoms with E-state index in [1.165, 1.54) is 11.3 Å². The topological polar surface area (TPSA) is 61.4 Å². The van der Waals surface area contributed by atoms with Crippen LogP contribution in [0.1, 0.15) is 29.6 Å². The molecule has 1 heterocycles. The van der Waals surface area contributed by atoms with Gasteiger partial charge in [0.2, 0.25) is 5.91 Å². The number of thiophene rings is 1. The lowest BCUT2D eigenvalue weighted by Gasteiger charge is -2.10. The Kier molecular flexibility index (Phi) is 7.91. The summed E-state index contributed by atoms with van der Waals surface area (Å²) in [4.78, 5) is 25.2. The van der Waals surface area contributed by atoms with Crippen molar-refractivity contribution in [3.63, 3.8) is 0 Å². The highest BCUT2D eigenvalue weighted by Gasteiger charge is 2.05. The summed E-state index contributed by atoms with van der Waals surface area (Å²) in [5.41, 5.74) is 0.683. The zero-order chi connectivity index (χ0) is 14.8. The third-order valence-electron chi connectivity index (χ3n) is 2.75. The summed E-state index contributed by atoms with van der Waals surface area (Å²) in [6.45, 7) is 2.20. The Morgan fingerprint density at radius 1 is 1.20 bits per heavy atom. The molecule has 0 fully saturated rings. The zero-order valence-corrected chi connectivity index (χ0v) is 13.0. The number of nitrogens with one attached hydrogen (secondary N) is 2. The van der Waals surface area contributed by atoms with Crippen LogP contribution in [0.15, 0.2) is 16.8 Å². The Bertz CT molecular complexity index is 405. The summed E-state index contributed by atoms with van der Waals surface area (Å²) in [6, 6.07) is 1.79. The van der Waals surface area contributed by atoms with Gasteiger partial charge < -0.3 is 15.5 Å². The smallest absolute Gasteiger partial charge is 0.252 e. The van der Waals surface area contributed by atoms with Crippen LogP contribution in [-0.2, 0) is 4.79 Å². The highest BCUT2D eigenvalue weighted by atomic mass is 32.1. The first kappa shape index (κ1) is 16.7. The Morgan fingerprint density at radius 2 is 1.95 bits per heavy atom. The molecule has 0 atom stereocenters. The summed E-state index contributed by atoms with van der Waals surface area (Å²) in [5.74, 6) is -0.0221. The van der Waals surface area contributed by atoms with Gasteiger partial charge in [-0.05, 0) is 44.9 Å². The number of nitrogens with zero attached hydrogens (tertiary/aromatic N) is 1. The van der Waals surface area contributed by atoms with Crippen molar-refractivity contribution >= 4 is 23.2 Å². The molecule has 2 N–H and O–H groups in total. The quantitative estimate of drug-likeness (QED) is 0.676. The van der Waals surface area contributed by atoms with Gasteiger partial charge in [0.15, 0.2) is 0 Å². The van der Waals surface area contributed by atoms with Crippen LogP contribution in [0.2, 0.25) is 0 Å². The minimum absolute atomic E-state index is 0.0496. The number of carbonyl (C=O) groups excluding carboxylic acids is 2. The lowest BCUT2D eigenvalue weighted by molar-refractivity contribution is -0.121. The third kappa shape index (κ3) is 7.25. The highest BCUT2D eigenvalue weighted by molar-refractivity contribution is 7.08. The Hall–Kier alpha value is -1.40. The van der Waals surface area contributed by atoms with Crippen LogP contribution in [-0.4, -0.2) is 50.4 Å². The van der Waals surface area contributed by atoms with Gasteiger partial charge in [-0.3, -0.25) is 9.59 Å². The molecule has 0 bridgehead atoms. The third-order valence-corrected chi connectivity index (χ3v) is 3.44. The normalized spacial score (nSPS) is 10.6. The minimum Gasteiger partial charge on any atom is -0.356 e. The molecule has 1 rings (SSSR count). The van der Waals surface area contributed by atoms with E-state index >= 15 is 0 Å². The molecule has 0 aliphatic rings. The standard InChI is InChI=1S/C14H23N3O2S/c1-17(2)9-4-8-15-13(18)5-3-7-16-14(19)12-6-10-20-11-12/h6,10-11H,3-5,7-9H2,1-2H3,(H,15,18)(H,16,19). The fourth-order valence-corrected chi connectivity index (χ4v) is 2.29. The second-order valence-electron chi connectivity index (χ2n) is 4.88. The van der Waals surface area contributed by atoms with E-state index < -0.39 is 0 Å². The fraction of sp³-hybridized carbons (Fsp3) is 0.571. The van der Waals surface area contributed by atoms with Crippen LogP contribution in [0, 0.1) is 0 Å². The Morgan fingerprint density at radius 3 is 2.60 bits per heavy atom. The van der Waals surface area contributed by atoms with Crippen molar-refractivity contribution in [3.8, 4) is 0 Å². The molecule has 0 saturated carbocycles. The van der Waals surface area contributed by atoms with Crippen LogP contribution in [0.4, 0.5) is 0 Å². The first-order valence-electron chi connectivity index (χ1n) is 6.81. The van der Waals surface area contributed by atoms with Gasteiger partial charge in [-0.25, -0.2) is 0 Å². The summed E-state index contributed by atoms with van der Waals surface area (Å²) >= 11 is 1.50. The highest BCUT2D eigenvalue weighted by Crippen LogP contribution is 2.05. The molecule has 20 heavy (non-hydrogen) atoms. The van der Waals surface area contributed by atoms with E-state index in [1.54, 1.807) is 6.07 Å². The number of amides is 2. The van der Waals surface area contributed by atoms with Crippen molar-refractivity contribution in [2.45, 2.75) is 19.3 Å². The van der Waals surface area contributed by atoms with Gasteiger partial charge in [-0.15, -0.1) is 0 Å². The van der Waals surface area contributed by atoms with E-state index in [1.807, 2.05) is 24.9 Å². The largest absolute Gasteiger partial charge is 0.356 e. The molecule has 5 nitrogen and oxygen atoms in total. The molecule has 0 spiro atoms. The van der Waals surface area contributed by atoms with Crippen molar-refractivity contribution in [1.29, 1.82) is 0 Å². The maximum atomic E-state index is 11.6. The predicted molar refractivity (Wildman–Crippen MR) is 82.1 cm³/mol. The van der Waals surface area contributed by atoms with E-state index in [0.717, 1.165) is 13.0 Å². The van der Waals surface area contributed by atoms with Gasteiger partial charge in [0.1, 0.15) is 0 Å². The summed E-state index contributed by atoms with van der Waals surface area (Å²) in [6.07, 6.45) is 2.06. The molecular formula is C14H23N3O2S. The van der Waals surface area contributed by atoms with Crippen molar-refractivity contribution < 1.29 is 9.59 Å². The van der Waals surface area contributed by atoms with Crippen molar-refractivity contribution in [2.24, 2.45) is 0 Å². The Labute approximate surface area is 124 Å². The van der Waals surface area contributed by atoms with Crippen molar-refractivity contribution in [3.05, 3.63) is 22.4 Å². The number of carbonyl (C=O) groups is 2. The van der Waals surface area contributed by atoms with Crippen LogP contribution in [0.3, 0.4) is 0 Å². The van der Waals surface area contributed by atoms with Crippen LogP contribution < -0.4 is 10.6 Å². The first-order valence-corrected chi connectivity index (χ1v) is 7.75. The van der Waals surface area contributed by atoms with E-state index in [0.29, 0.717) is 31.5 Å². The number of rotatable bonds is 9. The number of hydrogen-bond donors (Lipinski definition) is 2. The van der Waals surface area contributed by atoms with Gasteiger partial charge >= 0.3 is 0 Å². The summed E-state index contributed by atoms with van der Waals surface area (Å²) in [7, 11) is 4.02. The lowest BCUT2D eigenvalue weighted by Crippen LogP contribution is -2.29. The maximum Gasteiger partial charge on any atom is 0.252 e. The van der Waals surface area contributed by atoms with E-state index in [2.05, 4.69) is 15.5 Å². The molecule has 1 aromatic heterocycles. The van der Waals surface area contributed by atoms with E-state index in [-0.39, 0.29) is 11.8 Å². The van der Waals surface area contributed by atoms with Gasteiger partial charge in [0, 0.05) is 30.5 Å². The monoisotopic (exact) mass is 297 g/mol. The molecule has 0 radical (unpaired) electrons. The van der Waals surface area contributed by atoms with Gasteiger partial charge in [-0.1, -0.05) is 0 Å². The van der Waals surface area contributed by atoms with Gasteiger partial charge in [0.05, 0.1) is 0 Å². The van der Waals surface area contributed by atoms with E-state index in [9.17, 15) is 9.59 Å². The van der Waals surface area contributed by atoms with Crippen LogP contribution in [0.25, 0.3) is 0 Å². The maximum absolute atomic E-state index is 11.6. The van der Waals surface area contributed by atoms with Crippen molar-refractivity contribution in [1.82, 2.24) is 15.5 Å². The molecule has 2 amide bonds. The molecule has 0 unspecified atom stereocenters. The second kappa shape index (κ2) is 9.50. The Balaban J connectivity index is 2.00.